The molecule has 3 rings (SSSR count). The highest BCUT2D eigenvalue weighted by molar-refractivity contribution is 8.00. The number of benzene rings is 1. The molecule has 2 aliphatic carbocycles. The lowest BCUT2D eigenvalue weighted by Crippen LogP contribution is -2.32. The van der Waals surface area contributed by atoms with E-state index in [-0.39, 0.29) is 6.04 Å². The normalized spacial score (nSPS) is 32.5. The molecule has 0 amide bonds. The van der Waals surface area contributed by atoms with Gasteiger partial charge in [0.2, 0.25) is 0 Å². The number of methoxy groups -OCH3 is 1. The Morgan fingerprint density at radius 1 is 1.24 bits per heavy atom. The Bertz CT molecular complexity index is 490. The van der Waals surface area contributed by atoms with Crippen molar-refractivity contribution in [3.63, 3.8) is 0 Å². The number of hydrogen-bond donors (Lipinski definition) is 1. The van der Waals surface area contributed by atoms with E-state index in [2.05, 4.69) is 36.9 Å². The third kappa shape index (κ3) is 3.40. The fourth-order valence-electron chi connectivity index (χ4n) is 3.83. The average molecular weight is 305 g/mol. The molecule has 0 spiro atoms. The van der Waals surface area contributed by atoms with Crippen molar-refractivity contribution in [2.75, 3.05) is 7.11 Å². The van der Waals surface area contributed by atoms with Gasteiger partial charge in [-0.2, -0.15) is 11.8 Å². The number of fused-ring (bicyclic) bond motifs is 1. The van der Waals surface area contributed by atoms with Gasteiger partial charge in [0.25, 0.3) is 0 Å². The molecule has 3 heteroatoms. The first kappa shape index (κ1) is 15.2. The van der Waals surface area contributed by atoms with Crippen molar-refractivity contribution < 1.29 is 4.74 Å². The van der Waals surface area contributed by atoms with Crippen molar-refractivity contribution in [2.24, 2.45) is 11.7 Å². The molecule has 116 valence electrons. The van der Waals surface area contributed by atoms with E-state index in [0.29, 0.717) is 5.25 Å². The van der Waals surface area contributed by atoms with Crippen LogP contribution < -0.4 is 10.5 Å². The molecule has 0 radical (unpaired) electrons. The molecule has 0 aliphatic heterocycles. The van der Waals surface area contributed by atoms with Crippen LogP contribution in [0.2, 0.25) is 0 Å². The monoisotopic (exact) mass is 305 g/mol. The Labute approximate surface area is 132 Å². The van der Waals surface area contributed by atoms with E-state index in [4.69, 9.17) is 10.5 Å². The van der Waals surface area contributed by atoms with E-state index < -0.39 is 0 Å². The molecular weight excluding hydrogens is 278 g/mol. The van der Waals surface area contributed by atoms with E-state index in [1.54, 1.807) is 7.11 Å². The van der Waals surface area contributed by atoms with Crippen LogP contribution in [0, 0.1) is 5.92 Å². The molecule has 1 saturated carbocycles. The van der Waals surface area contributed by atoms with Crippen LogP contribution in [0.1, 0.15) is 56.2 Å². The first-order chi connectivity index (χ1) is 10.2. The molecule has 4 atom stereocenters. The third-order valence-corrected chi connectivity index (χ3v) is 6.76. The lowest BCUT2D eigenvalue weighted by Gasteiger charge is -2.35. The lowest BCUT2D eigenvalue weighted by atomic mass is 9.87. The second-order valence-corrected chi connectivity index (χ2v) is 8.24. The molecule has 1 aromatic carbocycles. The summed E-state index contributed by atoms with van der Waals surface area (Å²) in [5, 5.41) is 1.41. The summed E-state index contributed by atoms with van der Waals surface area (Å²) < 4.78 is 5.33. The second kappa shape index (κ2) is 6.62. The zero-order valence-electron chi connectivity index (χ0n) is 13.2. The van der Waals surface area contributed by atoms with Crippen LogP contribution in [0.25, 0.3) is 0 Å². The Hall–Kier alpha value is -0.670. The van der Waals surface area contributed by atoms with Gasteiger partial charge >= 0.3 is 0 Å². The summed E-state index contributed by atoms with van der Waals surface area (Å²) in [6, 6.07) is 6.57. The van der Waals surface area contributed by atoms with Gasteiger partial charge in [-0.3, -0.25) is 0 Å². The molecular formula is C18H27NOS. The quantitative estimate of drug-likeness (QED) is 0.903. The van der Waals surface area contributed by atoms with Crippen LogP contribution in [-0.4, -0.2) is 17.6 Å². The number of aryl methyl sites for hydroxylation is 1. The lowest BCUT2D eigenvalue weighted by molar-refractivity contribution is 0.392. The summed E-state index contributed by atoms with van der Waals surface area (Å²) in [5.41, 5.74) is 9.29. The van der Waals surface area contributed by atoms with Gasteiger partial charge in [-0.05, 0) is 54.9 Å². The van der Waals surface area contributed by atoms with E-state index in [1.807, 2.05) is 0 Å². The summed E-state index contributed by atoms with van der Waals surface area (Å²) in [5.74, 6) is 1.85. The van der Waals surface area contributed by atoms with Gasteiger partial charge in [-0.25, -0.2) is 0 Å². The van der Waals surface area contributed by atoms with Crippen LogP contribution in [0.3, 0.4) is 0 Å². The first-order valence-electron chi connectivity index (χ1n) is 8.25. The smallest absolute Gasteiger partial charge is 0.119 e. The molecule has 0 heterocycles. The van der Waals surface area contributed by atoms with Gasteiger partial charge < -0.3 is 10.5 Å². The molecule has 2 aliphatic rings. The van der Waals surface area contributed by atoms with E-state index in [0.717, 1.165) is 23.3 Å². The van der Waals surface area contributed by atoms with Crippen LogP contribution in [-0.2, 0) is 6.42 Å². The zero-order valence-corrected chi connectivity index (χ0v) is 14.0. The van der Waals surface area contributed by atoms with Crippen molar-refractivity contribution in [1.82, 2.24) is 0 Å². The molecule has 0 bridgehead atoms. The van der Waals surface area contributed by atoms with Crippen molar-refractivity contribution in [3.05, 3.63) is 29.3 Å². The fraction of sp³-hybridized carbons (Fsp3) is 0.667. The van der Waals surface area contributed by atoms with E-state index >= 15 is 0 Å². The maximum absolute atomic E-state index is 6.57. The molecule has 2 N–H and O–H groups in total. The molecule has 1 fully saturated rings. The van der Waals surface area contributed by atoms with Gasteiger partial charge in [0, 0.05) is 16.5 Å². The summed E-state index contributed by atoms with van der Waals surface area (Å²) in [6.07, 6.45) is 7.92. The van der Waals surface area contributed by atoms with Crippen molar-refractivity contribution >= 4 is 11.8 Å². The minimum Gasteiger partial charge on any atom is -0.497 e. The summed E-state index contributed by atoms with van der Waals surface area (Å²) in [7, 11) is 1.73. The second-order valence-electron chi connectivity index (χ2n) is 6.70. The minimum atomic E-state index is 0.182. The largest absolute Gasteiger partial charge is 0.497 e. The number of thioether (sulfide) groups is 1. The predicted molar refractivity (Wildman–Crippen MR) is 91.0 cm³/mol. The van der Waals surface area contributed by atoms with Gasteiger partial charge in [-0.15, -0.1) is 0 Å². The van der Waals surface area contributed by atoms with Crippen molar-refractivity contribution in [3.8, 4) is 5.75 Å². The highest BCUT2D eigenvalue weighted by atomic mass is 32.2. The average Bonchev–Trinajstić information content (AvgIpc) is 2.50. The Kier molecular flexibility index (Phi) is 4.80. The molecule has 1 aromatic rings. The summed E-state index contributed by atoms with van der Waals surface area (Å²) in [4.78, 5) is 0. The van der Waals surface area contributed by atoms with Crippen LogP contribution in [0.5, 0.6) is 5.75 Å². The number of hydrogen-bond acceptors (Lipinski definition) is 3. The minimum absolute atomic E-state index is 0.182. The van der Waals surface area contributed by atoms with Gasteiger partial charge in [0.1, 0.15) is 5.75 Å². The molecule has 2 nitrogen and oxygen atoms in total. The Morgan fingerprint density at radius 2 is 2.10 bits per heavy atom. The zero-order chi connectivity index (χ0) is 14.8. The van der Waals surface area contributed by atoms with Crippen molar-refractivity contribution in [1.29, 1.82) is 0 Å². The first-order valence-corrected chi connectivity index (χ1v) is 9.19. The van der Waals surface area contributed by atoms with Crippen LogP contribution in [0.4, 0.5) is 0 Å². The van der Waals surface area contributed by atoms with Crippen LogP contribution in [0.15, 0.2) is 18.2 Å². The van der Waals surface area contributed by atoms with Gasteiger partial charge in [0.15, 0.2) is 0 Å². The topological polar surface area (TPSA) is 35.2 Å². The molecule has 21 heavy (non-hydrogen) atoms. The van der Waals surface area contributed by atoms with E-state index in [9.17, 15) is 0 Å². The third-order valence-electron chi connectivity index (χ3n) is 5.06. The molecule has 0 aromatic heterocycles. The SMILES string of the molecule is COc1ccc2c(c1)CCC(SC1CCCC(C)C1)C2N. The maximum atomic E-state index is 6.57. The fourth-order valence-corrected chi connectivity index (χ4v) is 5.64. The van der Waals surface area contributed by atoms with Gasteiger partial charge in [-0.1, -0.05) is 25.8 Å². The highest BCUT2D eigenvalue weighted by Crippen LogP contribution is 2.42. The van der Waals surface area contributed by atoms with Gasteiger partial charge in [0.05, 0.1) is 7.11 Å². The maximum Gasteiger partial charge on any atom is 0.119 e. The predicted octanol–water partition coefficient (Wildman–Crippen LogP) is 4.32. The van der Waals surface area contributed by atoms with Crippen LogP contribution >= 0.6 is 11.8 Å². The standard InChI is InChI=1S/C18H27NOS/c1-12-4-3-5-15(10-12)21-17-9-6-13-11-14(20-2)7-8-16(13)18(17)19/h7-8,11-12,15,17-18H,3-6,9-10,19H2,1-2H3. The number of ether oxygens (including phenoxy) is 1. The number of rotatable bonds is 3. The Morgan fingerprint density at radius 3 is 2.86 bits per heavy atom. The Balaban J connectivity index is 1.68. The summed E-state index contributed by atoms with van der Waals surface area (Å²) >= 11 is 2.17. The summed E-state index contributed by atoms with van der Waals surface area (Å²) in [6.45, 7) is 2.40. The van der Waals surface area contributed by atoms with Crippen molar-refractivity contribution in [2.45, 2.75) is 62.0 Å². The number of nitrogens with two attached hydrogens (primary N) is 1. The molecule has 0 saturated heterocycles. The van der Waals surface area contributed by atoms with E-state index in [1.165, 1.54) is 43.2 Å². The molecule has 4 unspecified atom stereocenters. The highest BCUT2D eigenvalue weighted by Gasteiger charge is 2.31.